The zero-order chi connectivity index (χ0) is 18.4. The van der Waals surface area contributed by atoms with Gasteiger partial charge in [0.05, 0.1) is 0 Å². The Hall–Kier alpha value is -2.79. The van der Waals surface area contributed by atoms with Crippen LogP contribution in [-0.4, -0.2) is 16.0 Å². The summed E-state index contributed by atoms with van der Waals surface area (Å²) in [4.78, 5) is 8.64. The smallest absolute Gasteiger partial charge is 0.224 e. The summed E-state index contributed by atoms with van der Waals surface area (Å²) in [5.74, 6) is 2.14. The SMILES string of the molecule is CC(C)Nc1nccc(Nc2ccc(OCc3ccc(Cl)cc3)cc2)n1. The van der Waals surface area contributed by atoms with Crippen molar-refractivity contribution < 1.29 is 4.74 Å². The fourth-order valence-electron chi connectivity index (χ4n) is 2.29. The van der Waals surface area contributed by atoms with Gasteiger partial charge in [0.15, 0.2) is 0 Å². The molecule has 0 aliphatic carbocycles. The maximum absolute atomic E-state index is 5.89. The summed E-state index contributed by atoms with van der Waals surface area (Å²) in [5, 5.41) is 7.17. The number of nitrogens with one attached hydrogen (secondary N) is 2. The fraction of sp³-hybridized carbons (Fsp3) is 0.200. The van der Waals surface area contributed by atoms with Gasteiger partial charge in [-0.1, -0.05) is 23.7 Å². The molecule has 0 amide bonds. The average Bonchev–Trinajstić information content (AvgIpc) is 2.62. The molecule has 0 fully saturated rings. The Morgan fingerprint density at radius 3 is 2.42 bits per heavy atom. The van der Waals surface area contributed by atoms with Crippen molar-refractivity contribution in [2.45, 2.75) is 26.5 Å². The van der Waals surface area contributed by atoms with Gasteiger partial charge in [-0.05, 0) is 61.9 Å². The molecule has 0 spiro atoms. The number of aromatic nitrogens is 2. The Balaban J connectivity index is 1.58. The lowest BCUT2D eigenvalue weighted by Crippen LogP contribution is -2.12. The Labute approximate surface area is 158 Å². The Morgan fingerprint density at radius 1 is 1.00 bits per heavy atom. The van der Waals surface area contributed by atoms with E-state index in [0.29, 0.717) is 12.6 Å². The van der Waals surface area contributed by atoms with E-state index in [1.54, 1.807) is 6.20 Å². The first kappa shape index (κ1) is 18.0. The second-order valence-electron chi connectivity index (χ2n) is 6.13. The van der Waals surface area contributed by atoms with Crippen LogP contribution in [0.1, 0.15) is 19.4 Å². The molecule has 134 valence electrons. The van der Waals surface area contributed by atoms with Gasteiger partial charge in [0, 0.05) is 22.9 Å². The third-order valence-electron chi connectivity index (χ3n) is 3.52. The minimum Gasteiger partial charge on any atom is -0.489 e. The van der Waals surface area contributed by atoms with Crippen molar-refractivity contribution in [2.24, 2.45) is 0 Å². The summed E-state index contributed by atoms with van der Waals surface area (Å²) in [6.45, 7) is 4.60. The van der Waals surface area contributed by atoms with Crippen LogP contribution in [0.5, 0.6) is 5.75 Å². The second kappa shape index (κ2) is 8.54. The van der Waals surface area contributed by atoms with E-state index in [4.69, 9.17) is 16.3 Å². The first-order valence-corrected chi connectivity index (χ1v) is 8.80. The molecule has 2 aromatic carbocycles. The van der Waals surface area contributed by atoms with Crippen LogP contribution in [0.25, 0.3) is 0 Å². The monoisotopic (exact) mass is 368 g/mol. The van der Waals surface area contributed by atoms with E-state index in [-0.39, 0.29) is 6.04 Å². The predicted molar refractivity (Wildman–Crippen MR) is 106 cm³/mol. The van der Waals surface area contributed by atoms with Gasteiger partial charge >= 0.3 is 0 Å². The van der Waals surface area contributed by atoms with E-state index in [1.165, 1.54) is 0 Å². The molecule has 6 heteroatoms. The minimum atomic E-state index is 0.280. The van der Waals surface area contributed by atoms with Crippen molar-refractivity contribution >= 4 is 29.1 Å². The van der Waals surface area contributed by atoms with Crippen LogP contribution in [0.3, 0.4) is 0 Å². The third kappa shape index (κ3) is 5.36. The number of rotatable bonds is 7. The third-order valence-corrected chi connectivity index (χ3v) is 3.77. The van der Waals surface area contributed by atoms with Crippen molar-refractivity contribution in [3.63, 3.8) is 0 Å². The molecule has 0 radical (unpaired) electrons. The molecule has 1 heterocycles. The van der Waals surface area contributed by atoms with Crippen LogP contribution in [-0.2, 0) is 6.61 Å². The molecule has 0 aliphatic rings. The summed E-state index contributed by atoms with van der Waals surface area (Å²) in [6.07, 6.45) is 1.73. The first-order chi connectivity index (χ1) is 12.6. The summed E-state index contributed by atoms with van der Waals surface area (Å²) in [7, 11) is 0. The van der Waals surface area contributed by atoms with Crippen LogP contribution in [0.2, 0.25) is 5.02 Å². The van der Waals surface area contributed by atoms with Crippen LogP contribution in [0, 0.1) is 0 Å². The number of anilines is 3. The van der Waals surface area contributed by atoms with E-state index in [1.807, 2.05) is 68.4 Å². The Morgan fingerprint density at radius 2 is 1.73 bits per heavy atom. The molecule has 0 saturated carbocycles. The lowest BCUT2D eigenvalue weighted by atomic mass is 10.2. The zero-order valence-corrected chi connectivity index (χ0v) is 15.5. The van der Waals surface area contributed by atoms with Crippen molar-refractivity contribution in [2.75, 3.05) is 10.6 Å². The molecule has 26 heavy (non-hydrogen) atoms. The summed E-state index contributed by atoms with van der Waals surface area (Å²) in [5.41, 5.74) is 2.00. The fourth-order valence-corrected chi connectivity index (χ4v) is 2.41. The maximum Gasteiger partial charge on any atom is 0.224 e. The zero-order valence-electron chi connectivity index (χ0n) is 14.7. The summed E-state index contributed by atoms with van der Waals surface area (Å²) >= 11 is 5.89. The van der Waals surface area contributed by atoms with E-state index in [0.717, 1.165) is 27.8 Å². The lowest BCUT2D eigenvalue weighted by Gasteiger charge is -2.11. The molecule has 1 aromatic heterocycles. The molecule has 0 atom stereocenters. The van der Waals surface area contributed by atoms with Crippen molar-refractivity contribution in [1.82, 2.24) is 9.97 Å². The number of ether oxygens (including phenoxy) is 1. The maximum atomic E-state index is 5.89. The van der Waals surface area contributed by atoms with Crippen molar-refractivity contribution in [3.05, 3.63) is 71.4 Å². The van der Waals surface area contributed by atoms with Crippen LogP contribution < -0.4 is 15.4 Å². The molecule has 0 aliphatic heterocycles. The predicted octanol–water partition coefficient (Wildman–Crippen LogP) is 5.27. The van der Waals surface area contributed by atoms with Gasteiger partial charge in [0.2, 0.25) is 5.95 Å². The molecule has 0 unspecified atom stereocenters. The highest BCUT2D eigenvalue weighted by molar-refractivity contribution is 6.30. The van der Waals surface area contributed by atoms with Gasteiger partial charge in [-0.15, -0.1) is 0 Å². The Bertz CT molecular complexity index is 835. The Kier molecular flexibility index (Phi) is 5.92. The van der Waals surface area contributed by atoms with Crippen LogP contribution >= 0.6 is 11.6 Å². The average molecular weight is 369 g/mol. The molecule has 3 rings (SSSR count). The van der Waals surface area contributed by atoms with Crippen LogP contribution in [0.15, 0.2) is 60.8 Å². The van der Waals surface area contributed by atoms with Gasteiger partial charge in [0.1, 0.15) is 18.2 Å². The minimum absolute atomic E-state index is 0.280. The summed E-state index contributed by atoms with van der Waals surface area (Å²) < 4.78 is 5.79. The van der Waals surface area contributed by atoms with E-state index in [2.05, 4.69) is 20.6 Å². The van der Waals surface area contributed by atoms with E-state index in [9.17, 15) is 0 Å². The molecular formula is C20H21ClN4O. The van der Waals surface area contributed by atoms with Crippen LogP contribution in [0.4, 0.5) is 17.5 Å². The van der Waals surface area contributed by atoms with E-state index >= 15 is 0 Å². The van der Waals surface area contributed by atoms with Gasteiger partial charge < -0.3 is 15.4 Å². The molecule has 0 saturated heterocycles. The lowest BCUT2D eigenvalue weighted by molar-refractivity contribution is 0.306. The van der Waals surface area contributed by atoms with Gasteiger partial charge in [-0.25, -0.2) is 4.98 Å². The van der Waals surface area contributed by atoms with Gasteiger partial charge in [-0.3, -0.25) is 0 Å². The highest BCUT2D eigenvalue weighted by Gasteiger charge is 2.02. The molecule has 2 N–H and O–H groups in total. The number of nitrogens with zero attached hydrogens (tertiary/aromatic N) is 2. The van der Waals surface area contributed by atoms with Gasteiger partial charge in [0.25, 0.3) is 0 Å². The van der Waals surface area contributed by atoms with Crippen molar-refractivity contribution in [1.29, 1.82) is 0 Å². The molecule has 0 bridgehead atoms. The molecule has 5 nitrogen and oxygen atoms in total. The number of hydrogen-bond donors (Lipinski definition) is 2. The first-order valence-electron chi connectivity index (χ1n) is 8.42. The van der Waals surface area contributed by atoms with Crippen molar-refractivity contribution in [3.8, 4) is 5.75 Å². The summed E-state index contributed by atoms with van der Waals surface area (Å²) in [6, 6.07) is 17.5. The quantitative estimate of drug-likeness (QED) is 0.594. The topological polar surface area (TPSA) is 59.1 Å². The van der Waals surface area contributed by atoms with E-state index < -0.39 is 0 Å². The largest absolute Gasteiger partial charge is 0.489 e. The molecular weight excluding hydrogens is 348 g/mol. The standard InChI is InChI=1S/C20H21ClN4O/c1-14(2)23-20-22-12-11-19(25-20)24-17-7-9-18(10-8-17)26-13-15-3-5-16(21)6-4-15/h3-12,14H,13H2,1-2H3,(H2,22,23,24,25). The normalized spacial score (nSPS) is 10.6. The molecule has 3 aromatic rings. The number of halogens is 1. The van der Waals surface area contributed by atoms with Gasteiger partial charge in [-0.2, -0.15) is 4.98 Å². The number of benzene rings is 2. The highest BCUT2D eigenvalue weighted by atomic mass is 35.5. The second-order valence-corrected chi connectivity index (χ2v) is 6.57. The number of hydrogen-bond acceptors (Lipinski definition) is 5. The highest BCUT2D eigenvalue weighted by Crippen LogP contribution is 2.20.